The smallest absolute Gasteiger partial charge is 0.0370 e. The Bertz CT molecular complexity index is 391. The molecule has 0 saturated heterocycles. The highest BCUT2D eigenvalue weighted by Gasteiger charge is 2.14. The van der Waals surface area contributed by atoms with E-state index in [0.29, 0.717) is 5.92 Å². The molecule has 2 heteroatoms. The van der Waals surface area contributed by atoms with Gasteiger partial charge in [-0.15, -0.1) is 0 Å². The Morgan fingerprint density at radius 3 is 2.32 bits per heavy atom. The Labute approximate surface area is 119 Å². The molecule has 1 atom stereocenters. The number of anilines is 1. The molecule has 2 nitrogen and oxygen atoms in total. The minimum absolute atomic E-state index is 0.224. The van der Waals surface area contributed by atoms with Gasteiger partial charge >= 0.3 is 0 Å². The molecule has 0 radical (unpaired) electrons. The minimum atomic E-state index is 0.224. The van der Waals surface area contributed by atoms with E-state index in [0.717, 1.165) is 13.1 Å². The van der Waals surface area contributed by atoms with Crippen LogP contribution in [-0.2, 0) is 5.41 Å². The summed E-state index contributed by atoms with van der Waals surface area (Å²) in [5.41, 5.74) is 4.23. The van der Waals surface area contributed by atoms with Crippen molar-refractivity contribution in [3.8, 4) is 0 Å². The summed E-state index contributed by atoms with van der Waals surface area (Å²) in [4.78, 5) is 0. The summed E-state index contributed by atoms with van der Waals surface area (Å²) in [5.74, 6) is 0.687. The van der Waals surface area contributed by atoms with E-state index in [-0.39, 0.29) is 5.41 Å². The van der Waals surface area contributed by atoms with Crippen molar-refractivity contribution >= 4 is 5.69 Å². The lowest BCUT2D eigenvalue weighted by Gasteiger charge is -2.22. The molecule has 1 rings (SSSR count). The molecule has 1 aromatic carbocycles. The van der Waals surface area contributed by atoms with Crippen LogP contribution in [-0.4, -0.2) is 20.1 Å². The number of nitrogens with one attached hydrogen (secondary N) is 2. The first-order valence-corrected chi connectivity index (χ1v) is 7.38. The summed E-state index contributed by atoms with van der Waals surface area (Å²) in [6, 6.07) is 6.78. The van der Waals surface area contributed by atoms with Crippen LogP contribution in [0.15, 0.2) is 18.2 Å². The van der Waals surface area contributed by atoms with Gasteiger partial charge < -0.3 is 10.6 Å². The van der Waals surface area contributed by atoms with Crippen molar-refractivity contribution in [3.05, 3.63) is 29.3 Å². The average molecular weight is 262 g/mol. The Kier molecular flexibility index (Phi) is 5.86. The van der Waals surface area contributed by atoms with Crippen LogP contribution >= 0.6 is 0 Å². The van der Waals surface area contributed by atoms with E-state index in [2.05, 4.69) is 63.5 Å². The molecule has 0 aliphatic rings. The second kappa shape index (κ2) is 6.95. The largest absolute Gasteiger partial charge is 0.385 e. The average Bonchev–Trinajstić information content (AvgIpc) is 2.34. The lowest BCUT2D eigenvalue weighted by atomic mass is 9.86. The van der Waals surface area contributed by atoms with E-state index in [9.17, 15) is 0 Å². The van der Waals surface area contributed by atoms with E-state index in [1.807, 2.05) is 7.05 Å². The molecule has 0 aliphatic heterocycles. The lowest BCUT2D eigenvalue weighted by Crippen LogP contribution is -2.25. The van der Waals surface area contributed by atoms with Crippen molar-refractivity contribution < 1.29 is 0 Å². The van der Waals surface area contributed by atoms with Gasteiger partial charge in [0.1, 0.15) is 0 Å². The molecule has 0 fully saturated rings. The summed E-state index contributed by atoms with van der Waals surface area (Å²) in [7, 11) is 2.02. The third-order valence-corrected chi connectivity index (χ3v) is 3.74. The number of hydrogen-bond acceptors (Lipinski definition) is 2. The van der Waals surface area contributed by atoms with E-state index < -0.39 is 0 Å². The van der Waals surface area contributed by atoms with Gasteiger partial charge in [-0.3, -0.25) is 0 Å². The zero-order valence-electron chi connectivity index (χ0n) is 13.4. The van der Waals surface area contributed by atoms with Gasteiger partial charge in [-0.1, -0.05) is 46.2 Å². The molecule has 2 N–H and O–H groups in total. The molecule has 0 aliphatic carbocycles. The summed E-state index contributed by atoms with van der Waals surface area (Å²) in [6.45, 7) is 13.3. The highest BCUT2D eigenvalue weighted by atomic mass is 14.9. The SMILES string of the molecule is CCC(CNC)CNc1ccc(C(C)(C)C)cc1C. The van der Waals surface area contributed by atoms with Gasteiger partial charge in [0.2, 0.25) is 0 Å². The van der Waals surface area contributed by atoms with Crippen LogP contribution in [0, 0.1) is 12.8 Å². The van der Waals surface area contributed by atoms with Crippen LogP contribution in [0.1, 0.15) is 45.2 Å². The van der Waals surface area contributed by atoms with Crippen LogP contribution in [0.4, 0.5) is 5.69 Å². The number of aryl methyl sites for hydroxylation is 1. The quantitative estimate of drug-likeness (QED) is 0.811. The number of benzene rings is 1. The maximum atomic E-state index is 3.59. The van der Waals surface area contributed by atoms with Crippen molar-refractivity contribution in [2.24, 2.45) is 5.92 Å². The summed E-state index contributed by atoms with van der Waals surface area (Å²) in [5, 5.41) is 6.85. The first kappa shape index (κ1) is 16.0. The van der Waals surface area contributed by atoms with Crippen molar-refractivity contribution in [1.82, 2.24) is 5.32 Å². The lowest BCUT2D eigenvalue weighted by molar-refractivity contribution is 0.506. The Morgan fingerprint density at radius 1 is 1.16 bits per heavy atom. The van der Waals surface area contributed by atoms with Crippen LogP contribution in [0.5, 0.6) is 0 Å². The van der Waals surface area contributed by atoms with E-state index >= 15 is 0 Å². The Morgan fingerprint density at radius 2 is 1.84 bits per heavy atom. The van der Waals surface area contributed by atoms with E-state index in [1.165, 1.54) is 23.2 Å². The summed E-state index contributed by atoms with van der Waals surface area (Å²) >= 11 is 0. The zero-order chi connectivity index (χ0) is 14.5. The minimum Gasteiger partial charge on any atom is -0.385 e. The fourth-order valence-electron chi connectivity index (χ4n) is 2.23. The Hall–Kier alpha value is -1.02. The zero-order valence-corrected chi connectivity index (χ0v) is 13.4. The third kappa shape index (κ3) is 4.87. The first-order valence-electron chi connectivity index (χ1n) is 7.38. The molecule has 0 amide bonds. The first-order chi connectivity index (χ1) is 8.88. The number of hydrogen-bond donors (Lipinski definition) is 2. The molecular weight excluding hydrogens is 232 g/mol. The molecule has 1 unspecified atom stereocenters. The molecule has 108 valence electrons. The fourth-order valence-corrected chi connectivity index (χ4v) is 2.23. The van der Waals surface area contributed by atoms with Crippen molar-refractivity contribution in [3.63, 3.8) is 0 Å². The molecule has 0 saturated carbocycles. The fraction of sp³-hybridized carbons (Fsp3) is 0.647. The van der Waals surface area contributed by atoms with Crippen LogP contribution < -0.4 is 10.6 Å². The predicted octanol–water partition coefficient (Wildman–Crippen LogP) is 3.95. The molecule has 1 aromatic rings. The topological polar surface area (TPSA) is 24.1 Å². The normalized spacial score (nSPS) is 13.4. The third-order valence-electron chi connectivity index (χ3n) is 3.74. The molecule has 0 spiro atoms. The summed E-state index contributed by atoms with van der Waals surface area (Å²) in [6.07, 6.45) is 1.20. The van der Waals surface area contributed by atoms with Gasteiger partial charge in [-0.25, -0.2) is 0 Å². The highest BCUT2D eigenvalue weighted by molar-refractivity contribution is 5.53. The molecule has 19 heavy (non-hydrogen) atoms. The van der Waals surface area contributed by atoms with Crippen LogP contribution in [0.25, 0.3) is 0 Å². The maximum Gasteiger partial charge on any atom is 0.0370 e. The van der Waals surface area contributed by atoms with E-state index in [4.69, 9.17) is 0 Å². The second-order valence-corrected chi connectivity index (χ2v) is 6.49. The van der Waals surface area contributed by atoms with Crippen LogP contribution in [0.3, 0.4) is 0 Å². The van der Waals surface area contributed by atoms with Gasteiger partial charge in [0.25, 0.3) is 0 Å². The van der Waals surface area contributed by atoms with Gasteiger partial charge in [0.05, 0.1) is 0 Å². The van der Waals surface area contributed by atoms with E-state index in [1.54, 1.807) is 0 Å². The standard InChI is InChI=1S/C17H30N2/c1-7-14(11-18-6)12-19-16-9-8-15(10-13(16)2)17(3,4)5/h8-10,14,18-19H,7,11-12H2,1-6H3. The van der Waals surface area contributed by atoms with Gasteiger partial charge in [0.15, 0.2) is 0 Å². The molecule has 0 heterocycles. The van der Waals surface area contributed by atoms with Crippen molar-refractivity contribution in [1.29, 1.82) is 0 Å². The highest BCUT2D eigenvalue weighted by Crippen LogP contribution is 2.26. The maximum absolute atomic E-state index is 3.59. The predicted molar refractivity (Wildman–Crippen MR) is 86.1 cm³/mol. The molecule has 0 aromatic heterocycles. The van der Waals surface area contributed by atoms with Gasteiger partial charge in [-0.2, -0.15) is 0 Å². The summed E-state index contributed by atoms with van der Waals surface area (Å²) < 4.78 is 0. The van der Waals surface area contributed by atoms with Crippen molar-refractivity contribution in [2.45, 2.75) is 46.5 Å². The number of rotatable bonds is 6. The van der Waals surface area contributed by atoms with Gasteiger partial charge in [0, 0.05) is 12.2 Å². The van der Waals surface area contributed by atoms with Gasteiger partial charge in [-0.05, 0) is 49.0 Å². The Balaban J connectivity index is 2.70. The monoisotopic (exact) mass is 262 g/mol. The second-order valence-electron chi connectivity index (χ2n) is 6.49. The van der Waals surface area contributed by atoms with Crippen LogP contribution in [0.2, 0.25) is 0 Å². The molecular formula is C17H30N2. The van der Waals surface area contributed by atoms with Crippen molar-refractivity contribution in [2.75, 3.05) is 25.5 Å². The molecule has 0 bridgehead atoms.